The Morgan fingerprint density at radius 2 is 2.05 bits per heavy atom. The second-order valence-electron chi connectivity index (χ2n) is 4.86. The Morgan fingerprint density at radius 3 is 2.75 bits per heavy atom. The molecule has 0 radical (unpaired) electrons. The second kappa shape index (κ2) is 4.92. The predicted molar refractivity (Wildman–Crippen MR) is 71.8 cm³/mol. The van der Waals surface area contributed by atoms with E-state index in [1.165, 1.54) is 24.4 Å². The fraction of sp³-hybridized carbons (Fsp3) is 0.200. The summed E-state index contributed by atoms with van der Waals surface area (Å²) in [7, 11) is 0. The Kier molecular flexibility index (Phi) is 3.10. The standard InChI is InChI=1S/C15H13FN2O2/c16-10-5-3-9(4-6-10)11-8-12(11)15(20)18-14-13(19)2-1-7-17-14/h1-7,11-12,19H,8H2,(H,17,18,20)/t11-,12-/m0/s1. The Balaban J connectivity index is 1.66. The molecule has 0 aliphatic heterocycles. The normalized spacial score (nSPS) is 20.4. The molecule has 5 heteroatoms. The summed E-state index contributed by atoms with van der Waals surface area (Å²) in [6.07, 6.45) is 2.23. The van der Waals surface area contributed by atoms with Crippen LogP contribution in [0.4, 0.5) is 10.2 Å². The highest BCUT2D eigenvalue weighted by atomic mass is 19.1. The lowest BCUT2D eigenvalue weighted by atomic mass is 10.1. The zero-order valence-corrected chi connectivity index (χ0v) is 10.6. The summed E-state index contributed by atoms with van der Waals surface area (Å²) in [5.74, 6) is -0.382. The van der Waals surface area contributed by atoms with E-state index in [-0.39, 0.29) is 35.1 Å². The molecule has 0 unspecified atom stereocenters. The van der Waals surface area contributed by atoms with Crippen molar-refractivity contribution < 1.29 is 14.3 Å². The Bertz CT molecular complexity index is 643. The monoisotopic (exact) mass is 272 g/mol. The molecule has 2 atom stereocenters. The van der Waals surface area contributed by atoms with Gasteiger partial charge in [0.25, 0.3) is 0 Å². The molecular formula is C15H13FN2O2. The summed E-state index contributed by atoms with van der Waals surface area (Å²) in [4.78, 5) is 15.9. The van der Waals surface area contributed by atoms with Crippen LogP contribution in [0.1, 0.15) is 17.9 Å². The van der Waals surface area contributed by atoms with Crippen molar-refractivity contribution >= 4 is 11.7 Å². The Hall–Kier alpha value is -2.43. The van der Waals surface area contributed by atoms with E-state index in [2.05, 4.69) is 10.3 Å². The van der Waals surface area contributed by atoms with Crippen LogP contribution in [0.3, 0.4) is 0 Å². The zero-order valence-electron chi connectivity index (χ0n) is 10.6. The minimum absolute atomic E-state index is 0.0557. The molecule has 0 bridgehead atoms. The van der Waals surface area contributed by atoms with Gasteiger partial charge in [-0.05, 0) is 42.2 Å². The Labute approximate surface area is 115 Å². The van der Waals surface area contributed by atoms with E-state index in [4.69, 9.17) is 0 Å². The zero-order chi connectivity index (χ0) is 14.1. The van der Waals surface area contributed by atoms with Gasteiger partial charge in [-0.25, -0.2) is 9.37 Å². The van der Waals surface area contributed by atoms with Crippen LogP contribution in [0.15, 0.2) is 42.6 Å². The van der Waals surface area contributed by atoms with E-state index in [9.17, 15) is 14.3 Å². The number of aromatic hydroxyl groups is 1. The highest BCUT2D eigenvalue weighted by Gasteiger charge is 2.44. The topological polar surface area (TPSA) is 62.2 Å². The van der Waals surface area contributed by atoms with Crippen molar-refractivity contribution in [1.29, 1.82) is 0 Å². The van der Waals surface area contributed by atoms with Crippen LogP contribution in [-0.4, -0.2) is 16.0 Å². The molecular weight excluding hydrogens is 259 g/mol. The molecule has 4 nitrogen and oxygen atoms in total. The van der Waals surface area contributed by atoms with Crippen molar-refractivity contribution in [3.05, 3.63) is 54.0 Å². The molecule has 1 fully saturated rings. The van der Waals surface area contributed by atoms with Gasteiger partial charge < -0.3 is 10.4 Å². The van der Waals surface area contributed by atoms with Gasteiger partial charge in [-0.3, -0.25) is 4.79 Å². The summed E-state index contributed by atoms with van der Waals surface area (Å²) in [5, 5.41) is 12.2. The first-order valence-electron chi connectivity index (χ1n) is 6.35. The number of nitrogens with one attached hydrogen (secondary N) is 1. The molecule has 1 heterocycles. The van der Waals surface area contributed by atoms with Gasteiger partial charge in [0.1, 0.15) is 5.82 Å². The number of anilines is 1. The first-order chi connectivity index (χ1) is 9.65. The molecule has 102 valence electrons. The van der Waals surface area contributed by atoms with E-state index in [0.717, 1.165) is 12.0 Å². The van der Waals surface area contributed by atoms with Crippen LogP contribution >= 0.6 is 0 Å². The summed E-state index contributed by atoms with van der Waals surface area (Å²) < 4.78 is 12.8. The second-order valence-corrected chi connectivity index (χ2v) is 4.86. The molecule has 0 spiro atoms. The molecule has 1 amide bonds. The molecule has 1 aromatic carbocycles. The number of amides is 1. The van der Waals surface area contributed by atoms with Gasteiger partial charge >= 0.3 is 0 Å². The minimum Gasteiger partial charge on any atom is -0.504 e. The molecule has 1 aromatic heterocycles. The lowest BCUT2D eigenvalue weighted by molar-refractivity contribution is -0.117. The molecule has 20 heavy (non-hydrogen) atoms. The number of aromatic nitrogens is 1. The molecule has 2 aromatic rings. The number of hydrogen-bond acceptors (Lipinski definition) is 3. The minimum atomic E-state index is -0.284. The third-order valence-corrected chi connectivity index (χ3v) is 3.45. The van der Waals surface area contributed by atoms with Gasteiger partial charge in [-0.1, -0.05) is 12.1 Å². The van der Waals surface area contributed by atoms with E-state index >= 15 is 0 Å². The van der Waals surface area contributed by atoms with E-state index in [0.29, 0.717) is 0 Å². The van der Waals surface area contributed by atoms with Gasteiger partial charge in [0.2, 0.25) is 5.91 Å². The molecule has 3 rings (SSSR count). The largest absolute Gasteiger partial charge is 0.504 e. The molecule has 2 N–H and O–H groups in total. The number of rotatable bonds is 3. The third-order valence-electron chi connectivity index (χ3n) is 3.45. The maximum absolute atomic E-state index is 12.8. The maximum atomic E-state index is 12.8. The van der Waals surface area contributed by atoms with Crippen molar-refractivity contribution in [3.8, 4) is 5.75 Å². The van der Waals surface area contributed by atoms with Crippen LogP contribution in [0.2, 0.25) is 0 Å². The van der Waals surface area contributed by atoms with Crippen molar-refractivity contribution in [2.45, 2.75) is 12.3 Å². The van der Waals surface area contributed by atoms with Crippen LogP contribution in [-0.2, 0) is 4.79 Å². The number of carbonyl (C=O) groups is 1. The van der Waals surface area contributed by atoms with Crippen molar-refractivity contribution in [1.82, 2.24) is 4.98 Å². The highest BCUT2D eigenvalue weighted by Crippen LogP contribution is 2.48. The average Bonchev–Trinajstić information content (AvgIpc) is 3.23. The number of carbonyl (C=O) groups excluding carboxylic acids is 1. The first-order valence-corrected chi connectivity index (χ1v) is 6.35. The summed E-state index contributed by atoms with van der Waals surface area (Å²) >= 11 is 0. The summed E-state index contributed by atoms with van der Waals surface area (Å²) in [5.41, 5.74) is 0.955. The first kappa shape index (κ1) is 12.6. The summed E-state index contributed by atoms with van der Waals surface area (Å²) in [6, 6.07) is 9.24. The van der Waals surface area contributed by atoms with Crippen molar-refractivity contribution in [2.75, 3.05) is 5.32 Å². The number of nitrogens with zero attached hydrogens (tertiary/aromatic N) is 1. The summed E-state index contributed by atoms with van der Waals surface area (Å²) in [6.45, 7) is 0. The molecule has 1 saturated carbocycles. The van der Waals surface area contributed by atoms with Crippen molar-refractivity contribution in [2.24, 2.45) is 5.92 Å². The van der Waals surface area contributed by atoms with Gasteiger partial charge in [-0.15, -0.1) is 0 Å². The van der Waals surface area contributed by atoms with Gasteiger partial charge in [0.05, 0.1) is 0 Å². The van der Waals surface area contributed by atoms with Gasteiger partial charge in [-0.2, -0.15) is 0 Å². The van der Waals surface area contributed by atoms with Crippen LogP contribution in [0.25, 0.3) is 0 Å². The van der Waals surface area contributed by atoms with Crippen molar-refractivity contribution in [3.63, 3.8) is 0 Å². The van der Waals surface area contributed by atoms with Crippen LogP contribution in [0.5, 0.6) is 5.75 Å². The lowest BCUT2D eigenvalue weighted by Gasteiger charge is -2.05. The molecule has 1 aliphatic rings. The van der Waals surface area contributed by atoms with Gasteiger partial charge in [0.15, 0.2) is 11.6 Å². The predicted octanol–water partition coefficient (Wildman–Crippen LogP) is 2.67. The SMILES string of the molecule is O=C(Nc1ncccc1O)[C@H]1C[C@H]1c1ccc(F)cc1. The molecule has 1 aliphatic carbocycles. The average molecular weight is 272 g/mol. The fourth-order valence-corrected chi connectivity index (χ4v) is 2.27. The number of benzene rings is 1. The van der Waals surface area contributed by atoms with Gasteiger partial charge in [0, 0.05) is 12.1 Å². The number of pyridine rings is 1. The number of halogens is 1. The third kappa shape index (κ3) is 2.47. The maximum Gasteiger partial charge on any atom is 0.229 e. The van der Waals surface area contributed by atoms with Crippen LogP contribution in [0, 0.1) is 11.7 Å². The smallest absolute Gasteiger partial charge is 0.229 e. The number of hydrogen-bond donors (Lipinski definition) is 2. The van der Waals surface area contributed by atoms with E-state index in [1.54, 1.807) is 18.2 Å². The Morgan fingerprint density at radius 1 is 1.30 bits per heavy atom. The van der Waals surface area contributed by atoms with E-state index < -0.39 is 0 Å². The highest BCUT2D eigenvalue weighted by molar-refractivity contribution is 5.95. The fourth-order valence-electron chi connectivity index (χ4n) is 2.27. The van der Waals surface area contributed by atoms with Crippen LogP contribution < -0.4 is 5.32 Å². The van der Waals surface area contributed by atoms with E-state index in [1.807, 2.05) is 0 Å². The lowest BCUT2D eigenvalue weighted by Crippen LogP contribution is -2.15. The molecule has 0 saturated heterocycles. The quantitative estimate of drug-likeness (QED) is 0.903.